The van der Waals surface area contributed by atoms with E-state index in [9.17, 15) is 22.8 Å². The summed E-state index contributed by atoms with van der Waals surface area (Å²) in [4.78, 5) is 37.8. The van der Waals surface area contributed by atoms with Crippen LogP contribution in [0.3, 0.4) is 0 Å². The monoisotopic (exact) mass is 386 g/mol. The first-order valence-corrected chi connectivity index (χ1v) is 10.2. The number of anilines is 1. The molecule has 1 heterocycles. The van der Waals surface area contributed by atoms with Gasteiger partial charge in [-0.25, -0.2) is 8.42 Å². The third-order valence-corrected chi connectivity index (χ3v) is 5.32. The van der Waals surface area contributed by atoms with Gasteiger partial charge in [0.25, 0.3) is 11.8 Å². The lowest BCUT2D eigenvalue weighted by molar-refractivity contribution is -0.116. The number of amides is 3. The summed E-state index contributed by atoms with van der Waals surface area (Å²) in [6.07, 6.45) is 1.50. The Labute approximate surface area is 156 Å². The van der Waals surface area contributed by atoms with Gasteiger partial charge in [-0.05, 0) is 36.8 Å². The highest BCUT2D eigenvalue weighted by atomic mass is 32.2. The largest absolute Gasteiger partial charge is 0.326 e. The second-order valence-electron chi connectivity index (χ2n) is 6.26. The Bertz CT molecular complexity index is 995. The van der Waals surface area contributed by atoms with E-state index in [0.717, 1.165) is 11.2 Å². The van der Waals surface area contributed by atoms with E-state index in [1.54, 1.807) is 36.4 Å². The van der Waals surface area contributed by atoms with E-state index in [2.05, 4.69) is 5.32 Å². The topological polar surface area (TPSA) is 101 Å². The first-order valence-electron chi connectivity index (χ1n) is 8.32. The van der Waals surface area contributed by atoms with Crippen LogP contribution < -0.4 is 5.32 Å². The number of benzene rings is 2. The van der Waals surface area contributed by atoms with Crippen LogP contribution in [0, 0.1) is 0 Å². The number of hydrogen-bond acceptors (Lipinski definition) is 5. The smallest absolute Gasteiger partial charge is 0.261 e. The number of carbonyl (C=O) groups excluding carboxylic acids is 3. The fraction of sp³-hybridized carbons (Fsp3) is 0.211. The summed E-state index contributed by atoms with van der Waals surface area (Å²) in [7, 11) is -3.36. The van der Waals surface area contributed by atoms with Gasteiger partial charge >= 0.3 is 0 Å². The van der Waals surface area contributed by atoms with Crippen LogP contribution in [0.4, 0.5) is 5.69 Å². The van der Waals surface area contributed by atoms with E-state index in [-0.39, 0.29) is 35.6 Å². The molecule has 0 aromatic heterocycles. The summed E-state index contributed by atoms with van der Waals surface area (Å²) in [6, 6.07) is 12.6. The summed E-state index contributed by atoms with van der Waals surface area (Å²) in [5, 5.41) is 2.63. The van der Waals surface area contributed by atoms with Gasteiger partial charge in [0.2, 0.25) is 5.91 Å². The van der Waals surface area contributed by atoms with Crippen molar-refractivity contribution in [1.29, 1.82) is 0 Å². The molecular weight excluding hydrogens is 368 g/mol. The van der Waals surface area contributed by atoms with Crippen molar-refractivity contribution in [2.24, 2.45) is 0 Å². The Balaban J connectivity index is 1.55. The fourth-order valence-corrected chi connectivity index (χ4v) is 3.53. The summed E-state index contributed by atoms with van der Waals surface area (Å²) in [5.41, 5.74) is 1.14. The molecule has 0 saturated heterocycles. The zero-order valence-corrected chi connectivity index (χ0v) is 15.5. The van der Waals surface area contributed by atoms with Crippen molar-refractivity contribution in [3.63, 3.8) is 0 Å². The van der Waals surface area contributed by atoms with E-state index in [4.69, 9.17) is 0 Å². The van der Waals surface area contributed by atoms with Crippen LogP contribution in [-0.2, 0) is 14.6 Å². The molecule has 3 rings (SSSR count). The minimum Gasteiger partial charge on any atom is -0.326 e. The SMILES string of the molecule is CS(=O)(=O)c1cccc(NC(=O)CCCN2C(=O)c3ccccc3C2=O)c1. The number of nitrogens with one attached hydrogen (secondary N) is 1. The van der Waals surface area contributed by atoms with Crippen LogP contribution in [-0.4, -0.2) is 43.8 Å². The summed E-state index contributed by atoms with van der Waals surface area (Å²) in [6.45, 7) is 0.142. The number of sulfone groups is 1. The maximum Gasteiger partial charge on any atom is 0.261 e. The first-order chi connectivity index (χ1) is 12.8. The maximum atomic E-state index is 12.3. The normalized spacial score (nSPS) is 13.6. The van der Waals surface area contributed by atoms with E-state index in [1.165, 1.54) is 12.1 Å². The van der Waals surface area contributed by atoms with Gasteiger partial charge in [-0.3, -0.25) is 19.3 Å². The van der Waals surface area contributed by atoms with E-state index in [1.807, 2.05) is 0 Å². The van der Waals surface area contributed by atoms with Crippen molar-refractivity contribution in [3.8, 4) is 0 Å². The number of carbonyl (C=O) groups is 3. The molecular formula is C19H18N2O5S. The third-order valence-electron chi connectivity index (χ3n) is 4.21. The van der Waals surface area contributed by atoms with Gasteiger partial charge in [0, 0.05) is 24.9 Å². The Morgan fingerprint density at radius 1 is 1.00 bits per heavy atom. The van der Waals surface area contributed by atoms with Crippen molar-refractivity contribution in [2.45, 2.75) is 17.7 Å². The second kappa shape index (κ2) is 7.32. The average Bonchev–Trinajstić information content (AvgIpc) is 2.86. The predicted molar refractivity (Wildman–Crippen MR) is 99.2 cm³/mol. The maximum absolute atomic E-state index is 12.3. The quantitative estimate of drug-likeness (QED) is 0.767. The van der Waals surface area contributed by atoms with Crippen molar-refractivity contribution in [2.75, 3.05) is 18.1 Å². The molecule has 0 radical (unpaired) electrons. The minimum absolute atomic E-state index is 0.0938. The molecule has 2 aromatic rings. The molecule has 1 aliphatic rings. The van der Waals surface area contributed by atoms with E-state index in [0.29, 0.717) is 23.2 Å². The second-order valence-corrected chi connectivity index (χ2v) is 8.27. The molecule has 0 aliphatic carbocycles. The standard InChI is InChI=1S/C19H18N2O5S/c1-27(25,26)14-7-4-6-13(12-14)20-17(22)10-5-11-21-18(23)15-8-2-3-9-16(15)19(21)24/h2-4,6-9,12H,5,10-11H2,1H3,(H,20,22). The average molecular weight is 386 g/mol. The fourth-order valence-electron chi connectivity index (χ4n) is 2.87. The minimum atomic E-state index is -3.36. The zero-order chi connectivity index (χ0) is 19.6. The van der Waals surface area contributed by atoms with Crippen molar-refractivity contribution >= 4 is 33.2 Å². The molecule has 7 nitrogen and oxygen atoms in total. The van der Waals surface area contributed by atoms with Gasteiger partial charge in [-0.2, -0.15) is 0 Å². The Morgan fingerprint density at radius 2 is 1.63 bits per heavy atom. The lowest BCUT2D eigenvalue weighted by atomic mass is 10.1. The molecule has 1 N–H and O–H groups in total. The number of imide groups is 1. The molecule has 140 valence electrons. The van der Waals surface area contributed by atoms with Crippen molar-refractivity contribution in [3.05, 3.63) is 59.7 Å². The lowest BCUT2D eigenvalue weighted by Crippen LogP contribution is -2.31. The number of rotatable bonds is 6. The van der Waals surface area contributed by atoms with Crippen LogP contribution in [0.5, 0.6) is 0 Å². The van der Waals surface area contributed by atoms with Crippen LogP contribution in [0.1, 0.15) is 33.6 Å². The van der Waals surface area contributed by atoms with E-state index < -0.39 is 9.84 Å². The van der Waals surface area contributed by atoms with Gasteiger partial charge in [0.05, 0.1) is 16.0 Å². The highest BCUT2D eigenvalue weighted by molar-refractivity contribution is 7.90. The number of nitrogens with zero attached hydrogens (tertiary/aromatic N) is 1. The van der Waals surface area contributed by atoms with Crippen LogP contribution >= 0.6 is 0 Å². The highest BCUT2D eigenvalue weighted by Gasteiger charge is 2.34. The third kappa shape index (κ3) is 4.06. The molecule has 2 aromatic carbocycles. The molecule has 0 bridgehead atoms. The molecule has 3 amide bonds. The van der Waals surface area contributed by atoms with Crippen LogP contribution in [0.2, 0.25) is 0 Å². The molecule has 27 heavy (non-hydrogen) atoms. The van der Waals surface area contributed by atoms with Gasteiger partial charge in [0.15, 0.2) is 9.84 Å². The Kier molecular flexibility index (Phi) is 5.09. The molecule has 0 unspecified atom stereocenters. The van der Waals surface area contributed by atoms with Crippen LogP contribution in [0.15, 0.2) is 53.4 Å². The molecule has 0 fully saturated rings. The molecule has 8 heteroatoms. The van der Waals surface area contributed by atoms with E-state index >= 15 is 0 Å². The zero-order valence-electron chi connectivity index (χ0n) is 14.6. The van der Waals surface area contributed by atoms with Crippen molar-refractivity contribution < 1.29 is 22.8 Å². The number of fused-ring (bicyclic) bond motifs is 1. The van der Waals surface area contributed by atoms with Gasteiger partial charge in [-0.1, -0.05) is 18.2 Å². The Hall–Kier alpha value is -3.00. The van der Waals surface area contributed by atoms with Gasteiger partial charge < -0.3 is 5.32 Å². The molecule has 1 aliphatic heterocycles. The highest BCUT2D eigenvalue weighted by Crippen LogP contribution is 2.22. The predicted octanol–water partition coefficient (Wildman–Crippen LogP) is 2.11. The first kappa shape index (κ1) is 18.8. The molecule has 0 saturated carbocycles. The summed E-state index contributed by atoms with van der Waals surface area (Å²) < 4.78 is 23.1. The van der Waals surface area contributed by atoms with Gasteiger partial charge in [0.1, 0.15) is 0 Å². The number of hydrogen-bond donors (Lipinski definition) is 1. The molecule has 0 spiro atoms. The van der Waals surface area contributed by atoms with Crippen LogP contribution in [0.25, 0.3) is 0 Å². The summed E-state index contributed by atoms with van der Waals surface area (Å²) in [5.74, 6) is -1.02. The Morgan fingerprint density at radius 3 is 2.22 bits per heavy atom. The summed E-state index contributed by atoms with van der Waals surface area (Å²) >= 11 is 0. The van der Waals surface area contributed by atoms with Gasteiger partial charge in [-0.15, -0.1) is 0 Å². The molecule has 0 atom stereocenters. The van der Waals surface area contributed by atoms with Crippen molar-refractivity contribution in [1.82, 2.24) is 4.90 Å². The lowest BCUT2D eigenvalue weighted by Gasteiger charge is -2.13.